The minimum absolute atomic E-state index is 0.0136. The zero-order valence-electron chi connectivity index (χ0n) is 16.2. The van der Waals surface area contributed by atoms with Crippen LogP contribution in [0, 0.1) is 16.7 Å². The monoisotopic (exact) mass is 341 g/mol. The van der Waals surface area contributed by atoms with Crippen molar-refractivity contribution in [3.05, 3.63) is 29.8 Å². The van der Waals surface area contributed by atoms with Crippen LogP contribution in [0.4, 0.5) is 0 Å². The molecule has 0 heterocycles. The smallest absolute Gasteiger partial charge is 0.119 e. The molecule has 2 rings (SSSR count). The number of ether oxygens (including phenoxy) is 1. The quantitative estimate of drug-likeness (QED) is 0.429. The van der Waals surface area contributed by atoms with Crippen molar-refractivity contribution >= 4 is 0 Å². The van der Waals surface area contributed by atoms with Crippen LogP contribution in [0.5, 0.6) is 5.75 Å². The molecule has 1 saturated carbocycles. The Morgan fingerprint density at radius 2 is 1.72 bits per heavy atom. The Hall–Kier alpha value is -1.49. The zero-order chi connectivity index (χ0) is 18.0. The van der Waals surface area contributed by atoms with Gasteiger partial charge in [0, 0.05) is 0 Å². The van der Waals surface area contributed by atoms with E-state index in [2.05, 4.69) is 32.0 Å². The van der Waals surface area contributed by atoms with Gasteiger partial charge in [0.05, 0.1) is 18.6 Å². The molecule has 0 N–H and O–H groups in total. The van der Waals surface area contributed by atoms with Crippen LogP contribution in [0.2, 0.25) is 0 Å². The zero-order valence-corrected chi connectivity index (χ0v) is 16.2. The molecule has 1 atom stereocenters. The van der Waals surface area contributed by atoms with Gasteiger partial charge in [0.1, 0.15) is 5.75 Å². The molecule has 1 aromatic rings. The van der Waals surface area contributed by atoms with Gasteiger partial charge in [-0.05, 0) is 55.2 Å². The van der Waals surface area contributed by atoms with E-state index in [-0.39, 0.29) is 5.92 Å². The fraction of sp³-hybridized carbons (Fsp3) is 0.696. The van der Waals surface area contributed by atoms with Gasteiger partial charge in [0.15, 0.2) is 0 Å². The summed E-state index contributed by atoms with van der Waals surface area (Å²) in [6.07, 6.45) is 13.8. The predicted octanol–water partition coefficient (Wildman–Crippen LogP) is 7.00. The molecule has 0 amide bonds. The molecule has 2 heteroatoms. The third kappa shape index (κ3) is 6.07. The molecule has 0 bridgehead atoms. The van der Waals surface area contributed by atoms with Crippen LogP contribution in [-0.4, -0.2) is 6.61 Å². The Morgan fingerprint density at radius 3 is 2.32 bits per heavy atom. The molecule has 0 radical (unpaired) electrons. The highest BCUT2D eigenvalue weighted by molar-refractivity contribution is 5.32. The van der Waals surface area contributed by atoms with Crippen LogP contribution in [0.3, 0.4) is 0 Å². The van der Waals surface area contributed by atoms with Gasteiger partial charge < -0.3 is 4.74 Å². The molecule has 0 spiro atoms. The maximum absolute atomic E-state index is 9.81. The standard InChI is InChI=1S/C23H35NO/c1-3-5-14-23(15-8-7-9-16-23)18-21(19-24)20-10-12-22(13-11-20)25-17-6-4-2/h10-13,21H,3-9,14-18H2,1-2H3. The van der Waals surface area contributed by atoms with Gasteiger partial charge >= 0.3 is 0 Å². The van der Waals surface area contributed by atoms with Gasteiger partial charge in [-0.1, -0.05) is 64.5 Å². The maximum Gasteiger partial charge on any atom is 0.119 e. The van der Waals surface area contributed by atoms with Gasteiger partial charge in [0.2, 0.25) is 0 Å². The summed E-state index contributed by atoms with van der Waals surface area (Å²) in [6, 6.07) is 10.9. The average molecular weight is 342 g/mol. The SMILES string of the molecule is CCCCOc1ccc(C(C#N)CC2(CCCC)CCCCC2)cc1. The Morgan fingerprint density at radius 1 is 1.04 bits per heavy atom. The lowest BCUT2D eigenvalue weighted by molar-refractivity contribution is 0.148. The molecule has 1 aliphatic carbocycles. The third-order valence-electron chi connectivity index (χ3n) is 5.82. The number of benzene rings is 1. The molecule has 0 aromatic heterocycles. The number of hydrogen-bond acceptors (Lipinski definition) is 2. The lowest BCUT2D eigenvalue weighted by Gasteiger charge is -2.39. The van der Waals surface area contributed by atoms with E-state index in [1.807, 2.05) is 12.1 Å². The molecule has 1 fully saturated rings. The van der Waals surface area contributed by atoms with E-state index < -0.39 is 0 Å². The third-order valence-corrected chi connectivity index (χ3v) is 5.82. The van der Waals surface area contributed by atoms with Gasteiger partial charge in [-0.15, -0.1) is 0 Å². The summed E-state index contributed by atoms with van der Waals surface area (Å²) >= 11 is 0. The summed E-state index contributed by atoms with van der Waals surface area (Å²) in [5.41, 5.74) is 1.55. The van der Waals surface area contributed by atoms with Gasteiger partial charge in [0.25, 0.3) is 0 Å². The average Bonchev–Trinajstić information content (AvgIpc) is 2.66. The van der Waals surface area contributed by atoms with E-state index in [0.29, 0.717) is 5.41 Å². The molecule has 1 aliphatic rings. The number of rotatable bonds is 10. The molecule has 0 saturated heterocycles. The largest absolute Gasteiger partial charge is 0.494 e. The van der Waals surface area contributed by atoms with Crippen molar-refractivity contribution in [1.82, 2.24) is 0 Å². The highest BCUT2D eigenvalue weighted by atomic mass is 16.5. The Kier molecular flexibility index (Phi) is 8.32. The van der Waals surface area contributed by atoms with Crippen LogP contribution < -0.4 is 4.74 Å². The Balaban J connectivity index is 2.03. The lowest BCUT2D eigenvalue weighted by Crippen LogP contribution is -2.26. The van der Waals surface area contributed by atoms with Crippen molar-refractivity contribution in [2.45, 2.75) is 90.4 Å². The first-order valence-corrected chi connectivity index (χ1v) is 10.4. The summed E-state index contributed by atoms with van der Waals surface area (Å²) < 4.78 is 5.75. The second-order valence-electron chi connectivity index (χ2n) is 7.82. The Labute approximate surface area is 154 Å². The topological polar surface area (TPSA) is 33.0 Å². The van der Waals surface area contributed by atoms with Gasteiger partial charge in [-0.25, -0.2) is 0 Å². The molecule has 138 valence electrons. The van der Waals surface area contributed by atoms with Crippen LogP contribution >= 0.6 is 0 Å². The summed E-state index contributed by atoms with van der Waals surface area (Å²) in [5.74, 6) is 0.937. The van der Waals surface area contributed by atoms with E-state index in [1.165, 1.54) is 51.4 Å². The van der Waals surface area contributed by atoms with E-state index in [0.717, 1.165) is 37.2 Å². The fourth-order valence-electron chi connectivity index (χ4n) is 4.21. The molecule has 0 aliphatic heterocycles. The molecule has 1 unspecified atom stereocenters. The number of hydrogen-bond donors (Lipinski definition) is 0. The molecular formula is C23H35NO. The van der Waals surface area contributed by atoms with Crippen molar-refractivity contribution in [2.24, 2.45) is 5.41 Å². The van der Waals surface area contributed by atoms with Crippen LogP contribution in [0.1, 0.15) is 96.0 Å². The summed E-state index contributed by atoms with van der Waals surface area (Å²) in [6.45, 7) is 5.22. The van der Waals surface area contributed by atoms with E-state index in [4.69, 9.17) is 4.74 Å². The van der Waals surface area contributed by atoms with Crippen molar-refractivity contribution in [3.8, 4) is 11.8 Å². The normalized spacial score (nSPS) is 17.6. The van der Waals surface area contributed by atoms with E-state index in [9.17, 15) is 5.26 Å². The van der Waals surface area contributed by atoms with Crippen LogP contribution in [-0.2, 0) is 0 Å². The molecule has 25 heavy (non-hydrogen) atoms. The van der Waals surface area contributed by atoms with Gasteiger partial charge in [-0.2, -0.15) is 5.26 Å². The number of unbranched alkanes of at least 4 members (excludes halogenated alkanes) is 2. The van der Waals surface area contributed by atoms with E-state index in [1.54, 1.807) is 0 Å². The summed E-state index contributed by atoms with van der Waals surface area (Å²) in [4.78, 5) is 0. The number of nitriles is 1. The Bertz CT molecular complexity index is 522. The van der Waals surface area contributed by atoms with Crippen molar-refractivity contribution in [1.29, 1.82) is 5.26 Å². The lowest BCUT2D eigenvalue weighted by atomic mass is 9.66. The first-order chi connectivity index (χ1) is 12.2. The summed E-state index contributed by atoms with van der Waals surface area (Å²) in [7, 11) is 0. The molecule has 1 aromatic carbocycles. The van der Waals surface area contributed by atoms with Crippen molar-refractivity contribution in [2.75, 3.05) is 6.61 Å². The number of nitrogens with zero attached hydrogens (tertiary/aromatic N) is 1. The van der Waals surface area contributed by atoms with Gasteiger partial charge in [-0.3, -0.25) is 0 Å². The highest BCUT2D eigenvalue weighted by Gasteiger charge is 2.34. The van der Waals surface area contributed by atoms with Crippen molar-refractivity contribution < 1.29 is 4.74 Å². The van der Waals surface area contributed by atoms with E-state index >= 15 is 0 Å². The maximum atomic E-state index is 9.81. The second kappa shape index (κ2) is 10.5. The first kappa shape index (κ1) is 19.8. The predicted molar refractivity (Wildman–Crippen MR) is 105 cm³/mol. The minimum atomic E-state index is 0.0136. The van der Waals surface area contributed by atoms with Crippen LogP contribution in [0.25, 0.3) is 0 Å². The highest BCUT2D eigenvalue weighted by Crippen LogP contribution is 2.47. The van der Waals surface area contributed by atoms with Crippen LogP contribution in [0.15, 0.2) is 24.3 Å². The fourth-order valence-corrected chi connectivity index (χ4v) is 4.21. The summed E-state index contributed by atoms with van der Waals surface area (Å²) in [5, 5.41) is 9.81. The minimum Gasteiger partial charge on any atom is -0.494 e. The van der Waals surface area contributed by atoms with Crippen molar-refractivity contribution in [3.63, 3.8) is 0 Å². The molecular weight excluding hydrogens is 306 g/mol. The second-order valence-corrected chi connectivity index (χ2v) is 7.82. The molecule has 2 nitrogen and oxygen atoms in total. The first-order valence-electron chi connectivity index (χ1n) is 10.4.